The molecule has 1 aliphatic heterocycles. The van der Waals surface area contributed by atoms with E-state index < -0.39 is 0 Å². The minimum absolute atomic E-state index is 0.288. The van der Waals surface area contributed by atoms with Gasteiger partial charge >= 0.3 is 0 Å². The quantitative estimate of drug-likeness (QED) is 0.553. The van der Waals surface area contributed by atoms with Crippen molar-refractivity contribution < 1.29 is 4.39 Å². The molecule has 0 saturated heterocycles. The van der Waals surface area contributed by atoms with Crippen LogP contribution >= 0.6 is 0 Å². The summed E-state index contributed by atoms with van der Waals surface area (Å²) in [4.78, 5) is 4.08. The first-order valence-electron chi connectivity index (χ1n) is 4.68. The van der Waals surface area contributed by atoms with Crippen LogP contribution in [0, 0.1) is 5.82 Å². The molecule has 0 atom stereocenters. The Kier molecular flexibility index (Phi) is 2.92. The molecule has 0 amide bonds. The zero-order chi connectivity index (χ0) is 10.5. The first-order valence-corrected chi connectivity index (χ1v) is 4.68. The number of nitrogens with one attached hydrogen (secondary N) is 2. The predicted molar refractivity (Wildman–Crippen MR) is 57.4 cm³/mol. The molecule has 1 aromatic rings. The SMILES string of the molecule is Fc1ccccc1C=NNC1=NCCN1. The van der Waals surface area contributed by atoms with E-state index in [1.807, 2.05) is 0 Å². The van der Waals surface area contributed by atoms with Gasteiger partial charge in [0.1, 0.15) is 5.82 Å². The van der Waals surface area contributed by atoms with E-state index >= 15 is 0 Å². The molecule has 0 unspecified atom stereocenters. The van der Waals surface area contributed by atoms with Crippen LogP contribution in [0.4, 0.5) is 4.39 Å². The Balaban J connectivity index is 1.96. The summed E-state index contributed by atoms with van der Waals surface area (Å²) in [6, 6.07) is 6.45. The van der Waals surface area contributed by atoms with Crippen LogP contribution in [0.25, 0.3) is 0 Å². The van der Waals surface area contributed by atoms with Crippen molar-refractivity contribution in [3.05, 3.63) is 35.6 Å². The van der Waals surface area contributed by atoms with E-state index in [2.05, 4.69) is 20.8 Å². The van der Waals surface area contributed by atoms with Gasteiger partial charge in [0, 0.05) is 12.1 Å². The topological polar surface area (TPSA) is 48.8 Å². The van der Waals surface area contributed by atoms with Gasteiger partial charge < -0.3 is 5.32 Å². The van der Waals surface area contributed by atoms with Crippen LogP contribution in [-0.2, 0) is 0 Å². The lowest BCUT2D eigenvalue weighted by Crippen LogP contribution is -2.30. The highest BCUT2D eigenvalue weighted by atomic mass is 19.1. The first-order chi connectivity index (χ1) is 7.36. The minimum atomic E-state index is -0.288. The van der Waals surface area contributed by atoms with Crippen LogP contribution in [0.15, 0.2) is 34.4 Å². The Morgan fingerprint density at radius 2 is 2.33 bits per heavy atom. The van der Waals surface area contributed by atoms with Crippen LogP contribution in [-0.4, -0.2) is 25.3 Å². The third-order valence-corrected chi connectivity index (χ3v) is 1.95. The Labute approximate surface area is 86.9 Å². The molecule has 0 bridgehead atoms. The van der Waals surface area contributed by atoms with Crippen LogP contribution in [0.3, 0.4) is 0 Å². The Morgan fingerprint density at radius 3 is 3.07 bits per heavy atom. The van der Waals surface area contributed by atoms with Crippen molar-refractivity contribution in [2.75, 3.05) is 13.1 Å². The van der Waals surface area contributed by atoms with Gasteiger partial charge in [-0.05, 0) is 6.07 Å². The number of hydrogen-bond donors (Lipinski definition) is 2. The van der Waals surface area contributed by atoms with Gasteiger partial charge in [0.25, 0.3) is 0 Å². The maximum atomic E-state index is 13.1. The van der Waals surface area contributed by atoms with Crippen LogP contribution in [0.1, 0.15) is 5.56 Å². The second kappa shape index (κ2) is 4.54. The number of aliphatic imine (C=N–C) groups is 1. The number of rotatable bonds is 2. The molecule has 5 heteroatoms. The highest BCUT2D eigenvalue weighted by molar-refractivity contribution is 5.84. The van der Waals surface area contributed by atoms with E-state index in [4.69, 9.17) is 0 Å². The standard InChI is InChI=1S/C10H11FN4/c11-9-4-2-1-3-8(9)7-14-15-10-12-5-6-13-10/h1-4,7H,5-6H2,(H2,12,13,15). The second-order valence-corrected chi connectivity index (χ2v) is 3.05. The molecule has 0 radical (unpaired) electrons. The van der Waals surface area contributed by atoms with Crippen LogP contribution in [0.5, 0.6) is 0 Å². The number of nitrogens with zero attached hydrogens (tertiary/aromatic N) is 2. The highest BCUT2D eigenvalue weighted by Crippen LogP contribution is 2.02. The molecular weight excluding hydrogens is 195 g/mol. The second-order valence-electron chi connectivity index (χ2n) is 3.05. The molecule has 4 nitrogen and oxygen atoms in total. The molecule has 0 aromatic heterocycles. The van der Waals surface area contributed by atoms with Gasteiger partial charge in [-0.1, -0.05) is 18.2 Å². The Morgan fingerprint density at radius 1 is 1.47 bits per heavy atom. The Hall–Kier alpha value is -1.91. The average Bonchev–Trinajstić information content (AvgIpc) is 2.74. The van der Waals surface area contributed by atoms with Gasteiger partial charge in [-0.25, -0.2) is 14.8 Å². The van der Waals surface area contributed by atoms with Gasteiger partial charge in [-0.15, -0.1) is 0 Å². The van der Waals surface area contributed by atoms with Gasteiger partial charge in [-0.2, -0.15) is 5.10 Å². The minimum Gasteiger partial charge on any atom is -0.353 e. The van der Waals surface area contributed by atoms with Gasteiger partial charge in [-0.3, -0.25) is 0 Å². The number of halogens is 1. The Bertz CT molecular complexity index is 400. The normalized spacial score (nSPS) is 15.1. The molecule has 78 valence electrons. The van der Waals surface area contributed by atoms with E-state index in [9.17, 15) is 4.39 Å². The van der Waals surface area contributed by atoms with Crippen LogP contribution < -0.4 is 10.7 Å². The fourth-order valence-electron chi connectivity index (χ4n) is 1.22. The summed E-state index contributed by atoms with van der Waals surface area (Å²) < 4.78 is 13.1. The zero-order valence-electron chi connectivity index (χ0n) is 8.07. The van der Waals surface area contributed by atoms with Crippen molar-refractivity contribution in [2.24, 2.45) is 10.1 Å². The molecule has 1 aliphatic rings. The van der Waals surface area contributed by atoms with Crippen molar-refractivity contribution >= 4 is 12.2 Å². The van der Waals surface area contributed by atoms with Crippen molar-refractivity contribution in [2.45, 2.75) is 0 Å². The predicted octanol–water partition coefficient (Wildman–Crippen LogP) is 0.708. The zero-order valence-corrected chi connectivity index (χ0v) is 8.07. The maximum Gasteiger partial charge on any atom is 0.212 e. The summed E-state index contributed by atoms with van der Waals surface area (Å²) in [7, 11) is 0. The molecule has 1 heterocycles. The lowest BCUT2D eigenvalue weighted by molar-refractivity contribution is 0.626. The van der Waals surface area contributed by atoms with E-state index in [0.717, 1.165) is 13.1 Å². The fraction of sp³-hybridized carbons (Fsp3) is 0.200. The number of benzene rings is 1. The summed E-state index contributed by atoms with van der Waals surface area (Å²) in [6.07, 6.45) is 1.43. The number of hydrogen-bond acceptors (Lipinski definition) is 4. The van der Waals surface area contributed by atoms with E-state index in [1.54, 1.807) is 18.2 Å². The summed E-state index contributed by atoms with van der Waals surface area (Å²) >= 11 is 0. The molecule has 1 aromatic carbocycles. The van der Waals surface area contributed by atoms with Crippen LogP contribution in [0.2, 0.25) is 0 Å². The molecule has 0 fully saturated rings. The lowest BCUT2D eigenvalue weighted by Gasteiger charge is -1.99. The van der Waals surface area contributed by atoms with Gasteiger partial charge in [0.05, 0.1) is 12.8 Å². The lowest BCUT2D eigenvalue weighted by atomic mass is 10.2. The summed E-state index contributed by atoms with van der Waals surface area (Å²) in [5.41, 5.74) is 3.15. The molecule has 2 rings (SSSR count). The van der Waals surface area contributed by atoms with Crippen molar-refractivity contribution in [1.82, 2.24) is 10.7 Å². The monoisotopic (exact) mass is 206 g/mol. The van der Waals surface area contributed by atoms with Crippen molar-refractivity contribution in [1.29, 1.82) is 0 Å². The maximum absolute atomic E-state index is 13.1. The molecule has 0 aliphatic carbocycles. The number of guanidine groups is 1. The summed E-state index contributed by atoms with van der Waals surface area (Å²) in [5.74, 6) is 0.340. The largest absolute Gasteiger partial charge is 0.353 e. The van der Waals surface area contributed by atoms with E-state index in [-0.39, 0.29) is 5.82 Å². The smallest absolute Gasteiger partial charge is 0.212 e. The third kappa shape index (κ3) is 2.52. The summed E-state index contributed by atoms with van der Waals surface area (Å²) in [6.45, 7) is 1.56. The molecule has 0 spiro atoms. The van der Waals surface area contributed by atoms with Gasteiger partial charge in [0.2, 0.25) is 5.96 Å². The highest BCUT2D eigenvalue weighted by Gasteiger charge is 2.01. The van der Waals surface area contributed by atoms with Crippen molar-refractivity contribution in [3.8, 4) is 0 Å². The van der Waals surface area contributed by atoms with Gasteiger partial charge in [0.15, 0.2) is 0 Å². The average molecular weight is 206 g/mol. The number of hydrazone groups is 1. The molecule has 2 N–H and O–H groups in total. The molecular formula is C10H11FN4. The summed E-state index contributed by atoms with van der Waals surface area (Å²) in [5, 5.41) is 6.87. The van der Waals surface area contributed by atoms with E-state index in [1.165, 1.54) is 12.3 Å². The van der Waals surface area contributed by atoms with E-state index in [0.29, 0.717) is 11.5 Å². The molecule has 15 heavy (non-hydrogen) atoms. The third-order valence-electron chi connectivity index (χ3n) is 1.95. The molecule has 0 saturated carbocycles. The fourth-order valence-corrected chi connectivity index (χ4v) is 1.22. The van der Waals surface area contributed by atoms with Crippen molar-refractivity contribution in [3.63, 3.8) is 0 Å². The first kappa shape index (κ1) is 9.64.